The van der Waals surface area contributed by atoms with Gasteiger partial charge in [0.2, 0.25) is 0 Å². The van der Waals surface area contributed by atoms with Gasteiger partial charge in [0.25, 0.3) is 0 Å². The first-order valence-corrected chi connectivity index (χ1v) is 4.89. The van der Waals surface area contributed by atoms with Crippen LogP contribution in [-0.2, 0) is 10.2 Å². The molecular formula is C12H17NO2. The Kier molecular flexibility index (Phi) is 3.35. The lowest BCUT2D eigenvalue weighted by Gasteiger charge is -2.19. The van der Waals surface area contributed by atoms with Gasteiger partial charge in [0.1, 0.15) is 0 Å². The summed E-state index contributed by atoms with van der Waals surface area (Å²) in [5.74, 6) is 0. The van der Waals surface area contributed by atoms with Crippen molar-refractivity contribution >= 4 is 11.8 Å². The number of amides is 1. The summed E-state index contributed by atoms with van der Waals surface area (Å²) < 4.78 is 4.53. The highest BCUT2D eigenvalue weighted by Crippen LogP contribution is 2.24. The van der Waals surface area contributed by atoms with Gasteiger partial charge >= 0.3 is 6.09 Å². The summed E-state index contributed by atoms with van der Waals surface area (Å²) in [4.78, 5) is 11.0. The Labute approximate surface area is 90.4 Å². The highest BCUT2D eigenvalue weighted by Gasteiger charge is 2.13. The van der Waals surface area contributed by atoms with Gasteiger partial charge in [-0.15, -0.1) is 0 Å². The summed E-state index contributed by atoms with van der Waals surface area (Å²) >= 11 is 0. The van der Waals surface area contributed by atoms with Gasteiger partial charge in [0.15, 0.2) is 0 Å². The molecule has 3 heteroatoms. The van der Waals surface area contributed by atoms with Crippen molar-refractivity contribution in [3.63, 3.8) is 0 Å². The molecule has 1 N–H and O–H groups in total. The number of carbonyl (C=O) groups excluding carboxylic acids is 1. The average molecular weight is 207 g/mol. The molecule has 3 nitrogen and oxygen atoms in total. The standard InChI is InChI=1S/C12H17NO2/c1-12(2,3)9-6-5-7-10(8-9)13-11(14)15-4/h5-8H,1-4H3,(H,13,14). The Hall–Kier alpha value is -1.51. The van der Waals surface area contributed by atoms with Crippen molar-refractivity contribution in [2.45, 2.75) is 26.2 Å². The molecule has 0 radical (unpaired) electrons. The fourth-order valence-electron chi connectivity index (χ4n) is 1.23. The molecule has 1 amide bonds. The van der Waals surface area contributed by atoms with Crippen LogP contribution in [0.25, 0.3) is 0 Å². The normalized spacial score (nSPS) is 10.9. The molecule has 0 fully saturated rings. The number of benzene rings is 1. The number of anilines is 1. The first-order valence-electron chi connectivity index (χ1n) is 4.89. The molecular weight excluding hydrogens is 190 g/mol. The molecule has 15 heavy (non-hydrogen) atoms. The zero-order valence-corrected chi connectivity index (χ0v) is 9.63. The van der Waals surface area contributed by atoms with Crippen molar-refractivity contribution in [3.05, 3.63) is 29.8 Å². The van der Waals surface area contributed by atoms with Crippen LogP contribution in [0.2, 0.25) is 0 Å². The average Bonchev–Trinajstić information content (AvgIpc) is 2.17. The predicted octanol–water partition coefficient (Wildman–Crippen LogP) is 3.16. The number of carbonyl (C=O) groups is 1. The highest BCUT2D eigenvalue weighted by atomic mass is 16.5. The second-order valence-corrected chi connectivity index (χ2v) is 4.45. The van der Waals surface area contributed by atoms with E-state index < -0.39 is 6.09 Å². The molecule has 0 aliphatic rings. The number of methoxy groups -OCH3 is 1. The van der Waals surface area contributed by atoms with Crippen LogP contribution in [0.1, 0.15) is 26.3 Å². The molecule has 0 spiro atoms. The van der Waals surface area contributed by atoms with E-state index in [1.54, 1.807) is 0 Å². The highest BCUT2D eigenvalue weighted by molar-refractivity contribution is 5.84. The zero-order chi connectivity index (χ0) is 11.5. The van der Waals surface area contributed by atoms with E-state index in [4.69, 9.17) is 0 Å². The number of rotatable bonds is 1. The number of ether oxygens (including phenoxy) is 1. The van der Waals surface area contributed by atoms with Crippen molar-refractivity contribution in [1.29, 1.82) is 0 Å². The largest absolute Gasteiger partial charge is 0.453 e. The van der Waals surface area contributed by atoms with Crippen molar-refractivity contribution in [2.24, 2.45) is 0 Å². The maximum Gasteiger partial charge on any atom is 0.411 e. The quantitative estimate of drug-likeness (QED) is 0.768. The van der Waals surface area contributed by atoms with E-state index in [1.807, 2.05) is 24.3 Å². The smallest absolute Gasteiger partial charge is 0.411 e. The second kappa shape index (κ2) is 4.34. The van der Waals surface area contributed by atoms with Crippen molar-refractivity contribution in [1.82, 2.24) is 0 Å². The fraction of sp³-hybridized carbons (Fsp3) is 0.417. The lowest BCUT2D eigenvalue weighted by Crippen LogP contribution is -2.14. The molecule has 0 aliphatic heterocycles. The zero-order valence-electron chi connectivity index (χ0n) is 9.63. The van der Waals surface area contributed by atoms with Crippen LogP contribution in [0, 0.1) is 0 Å². The van der Waals surface area contributed by atoms with Crippen LogP contribution < -0.4 is 5.32 Å². The molecule has 0 aliphatic carbocycles. The molecule has 0 saturated carbocycles. The summed E-state index contributed by atoms with van der Waals surface area (Å²) in [6, 6.07) is 7.76. The Morgan fingerprint density at radius 1 is 1.33 bits per heavy atom. The number of hydrogen-bond donors (Lipinski definition) is 1. The van der Waals surface area contributed by atoms with Gasteiger partial charge < -0.3 is 4.74 Å². The van der Waals surface area contributed by atoms with Crippen LogP contribution in [0.5, 0.6) is 0 Å². The molecule has 0 heterocycles. The third kappa shape index (κ3) is 3.27. The minimum atomic E-state index is -0.443. The van der Waals surface area contributed by atoms with E-state index >= 15 is 0 Å². The van der Waals surface area contributed by atoms with E-state index in [9.17, 15) is 4.79 Å². The summed E-state index contributed by atoms with van der Waals surface area (Å²) in [7, 11) is 1.35. The lowest BCUT2D eigenvalue weighted by atomic mass is 9.87. The third-order valence-corrected chi connectivity index (χ3v) is 2.16. The van der Waals surface area contributed by atoms with Crippen LogP contribution in [-0.4, -0.2) is 13.2 Å². The van der Waals surface area contributed by atoms with Gasteiger partial charge in [-0.3, -0.25) is 5.32 Å². The molecule has 0 unspecified atom stereocenters. The Morgan fingerprint density at radius 3 is 2.53 bits per heavy atom. The molecule has 1 aromatic carbocycles. The Balaban J connectivity index is 2.88. The molecule has 0 bridgehead atoms. The van der Waals surface area contributed by atoms with Gasteiger partial charge in [-0.1, -0.05) is 32.9 Å². The van der Waals surface area contributed by atoms with E-state index in [-0.39, 0.29) is 5.41 Å². The van der Waals surface area contributed by atoms with Crippen LogP contribution in [0.4, 0.5) is 10.5 Å². The van der Waals surface area contributed by atoms with Crippen LogP contribution in [0.3, 0.4) is 0 Å². The third-order valence-electron chi connectivity index (χ3n) is 2.16. The summed E-state index contributed by atoms with van der Waals surface area (Å²) in [5, 5.41) is 2.64. The van der Waals surface area contributed by atoms with E-state index in [2.05, 4.69) is 30.8 Å². The van der Waals surface area contributed by atoms with Crippen LogP contribution >= 0.6 is 0 Å². The number of nitrogens with one attached hydrogen (secondary N) is 1. The lowest BCUT2D eigenvalue weighted by molar-refractivity contribution is 0.187. The summed E-state index contributed by atoms with van der Waals surface area (Å²) in [5.41, 5.74) is 2.01. The minimum absolute atomic E-state index is 0.0772. The molecule has 82 valence electrons. The van der Waals surface area contributed by atoms with Gasteiger partial charge in [0, 0.05) is 5.69 Å². The molecule has 0 atom stereocenters. The summed E-state index contributed by atoms with van der Waals surface area (Å²) in [6.07, 6.45) is -0.443. The van der Waals surface area contributed by atoms with E-state index in [0.29, 0.717) is 0 Å². The van der Waals surface area contributed by atoms with Gasteiger partial charge in [-0.25, -0.2) is 4.79 Å². The Morgan fingerprint density at radius 2 is 2.00 bits per heavy atom. The molecule has 1 rings (SSSR count). The van der Waals surface area contributed by atoms with Crippen molar-refractivity contribution in [3.8, 4) is 0 Å². The number of hydrogen-bond acceptors (Lipinski definition) is 2. The van der Waals surface area contributed by atoms with Gasteiger partial charge in [0.05, 0.1) is 7.11 Å². The van der Waals surface area contributed by atoms with Gasteiger partial charge in [-0.05, 0) is 23.1 Å². The summed E-state index contributed by atoms with van der Waals surface area (Å²) in [6.45, 7) is 6.39. The molecule has 1 aromatic rings. The maximum absolute atomic E-state index is 11.0. The SMILES string of the molecule is COC(=O)Nc1cccc(C(C)(C)C)c1. The topological polar surface area (TPSA) is 38.3 Å². The monoisotopic (exact) mass is 207 g/mol. The van der Waals surface area contributed by atoms with Crippen LogP contribution in [0.15, 0.2) is 24.3 Å². The van der Waals surface area contributed by atoms with Crippen molar-refractivity contribution in [2.75, 3.05) is 12.4 Å². The van der Waals surface area contributed by atoms with Gasteiger partial charge in [-0.2, -0.15) is 0 Å². The first-order chi connectivity index (χ1) is 6.93. The van der Waals surface area contributed by atoms with E-state index in [0.717, 1.165) is 5.69 Å². The first kappa shape index (κ1) is 11.6. The molecule has 0 saturated heterocycles. The maximum atomic E-state index is 11.0. The minimum Gasteiger partial charge on any atom is -0.453 e. The Bertz CT molecular complexity index is 353. The van der Waals surface area contributed by atoms with Crippen molar-refractivity contribution < 1.29 is 9.53 Å². The van der Waals surface area contributed by atoms with E-state index in [1.165, 1.54) is 12.7 Å². The second-order valence-electron chi connectivity index (χ2n) is 4.45. The molecule has 0 aromatic heterocycles. The fourth-order valence-corrected chi connectivity index (χ4v) is 1.23. The predicted molar refractivity (Wildman–Crippen MR) is 61.2 cm³/mol.